The molecule has 0 aromatic heterocycles. The van der Waals surface area contributed by atoms with Crippen LogP contribution in [0.15, 0.2) is 53.4 Å². The number of hydrogen-bond donors (Lipinski definition) is 2. The highest BCUT2D eigenvalue weighted by molar-refractivity contribution is 7.89. The van der Waals surface area contributed by atoms with E-state index in [1.54, 1.807) is 0 Å². The van der Waals surface area contributed by atoms with Gasteiger partial charge < -0.3 is 5.32 Å². The fourth-order valence-corrected chi connectivity index (χ4v) is 3.22. The first-order valence-corrected chi connectivity index (χ1v) is 8.43. The average molecular weight is 336 g/mol. The average Bonchev–Trinajstić information content (AvgIpc) is 2.51. The van der Waals surface area contributed by atoms with E-state index in [1.807, 2.05) is 30.3 Å². The molecule has 0 saturated carbocycles. The van der Waals surface area contributed by atoms with E-state index in [2.05, 4.69) is 10.0 Å². The first-order chi connectivity index (χ1) is 10.9. The van der Waals surface area contributed by atoms with Gasteiger partial charge in [0, 0.05) is 6.54 Å². The van der Waals surface area contributed by atoms with Crippen molar-refractivity contribution in [3.8, 4) is 0 Å². The van der Waals surface area contributed by atoms with Crippen LogP contribution >= 0.6 is 0 Å². The molecular formula is C16H17FN2O3S. The van der Waals surface area contributed by atoms with Crippen LogP contribution in [-0.2, 0) is 21.4 Å². The molecule has 0 aliphatic rings. The highest BCUT2D eigenvalue weighted by atomic mass is 32.2. The number of amides is 1. The Labute approximate surface area is 134 Å². The van der Waals surface area contributed by atoms with Crippen LogP contribution < -0.4 is 10.0 Å². The molecule has 23 heavy (non-hydrogen) atoms. The zero-order valence-corrected chi connectivity index (χ0v) is 13.4. The zero-order chi connectivity index (χ0) is 16.9. The van der Waals surface area contributed by atoms with Crippen molar-refractivity contribution < 1.29 is 17.6 Å². The molecule has 7 heteroatoms. The van der Waals surface area contributed by atoms with Crippen molar-refractivity contribution in [1.82, 2.24) is 10.0 Å². The van der Waals surface area contributed by atoms with Gasteiger partial charge in [0.2, 0.25) is 15.9 Å². The molecule has 2 rings (SSSR count). The second-order valence-corrected chi connectivity index (χ2v) is 6.73. The fourth-order valence-electron chi connectivity index (χ4n) is 2.01. The number of aryl methyl sites for hydroxylation is 1. The topological polar surface area (TPSA) is 75.3 Å². The number of rotatable bonds is 6. The van der Waals surface area contributed by atoms with E-state index < -0.39 is 21.7 Å². The Hall–Kier alpha value is -2.25. The van der Waals surface area contributed by atoms with Crippen LogP contribution in [0.4, 0.5) is 4.39 Å². The van der Waals surface area contributed by atoms with Gasteiger partial charge in [-0.15, -0.1) is 0 Å². The standard InChI is InChI=1S/C16H17FN2O3S/c1-12-9-14(17)7-8-15(12)23(21,22)19-11-16(20)18-10-13-5-3-2-4-6-13/h2-9,19H,10-11H2,1H3,(H,18,20). The predicted octanol–water partition coefficient (Wildman–Crippen LogP) is 1.73. The van der Waals surface area contributed by atoms with E-state index >= 15 is 0 Å². The molecule has 2 aromatic rings. The summed E-state index contributed by atoms with van der Waals surface area (Å²) in [5.74, 6) is -0.959. The van der Waals surface area contributed by atoms with Gasteiger partial charge in [0.25, 0.3) is 0 Å². The third kappa shape index (κ3) is 4.87. The van der Waals surface area contributed by atoms with E-state index in [0.717, 1.165) is 17.7 Å². The first kappa shape index (κ1) is 17.1. The van der Waals surface area contributed by atoms with Crippen molar-refractivity contribution in [3.05, 3.63) is 65.5 Å². The molecule has 0 aliphatic carbocycles. The van der Waals surface area contributed by atoms with Gasteiger partial charge >= 0.3 is 0 Å². The molecule has 0 unspecified atom stereocenters. The number of benzene rings is 2. The van der Waals surface area contributed by atoms with Gasteiger partial charge in [-0.25, -0.2) is 17.5 Å². The molecule has 0 spiro atoms. The number of sulfonamides is 1. The van der Waals surface area contributed by atoms with Gasteiger partial charge in [0.05, 0.1) is 11.4 Å². The summed E-state index contributed by atoms with van der Waals surface area (Å²) in [7, 11) is -3.86. The van der Waals surface area contributed by atoms with Crippen molar-refractivity contribution in [2.24, 2.45) is 0 Å². The summed E-state index contributed by atoms with van der Waals surface area (Å²) in [4.78, 5) is 11.7. The van der Waals surface area contributed by atoms with E-state index in [-0.39, 0.29) is 17.0 Å². The number of hydrogen-bond acceptors (Lipinski definition) is 3. The molecule has 122 valence electrons. The van der Waals surface area contributed by atoms with Crippen LogP contribution in [0.25, 0.3) is 0 Å². The largest absolute Gasteiger partial charge is 0.351 e. The zero-order valence-electron chi connectivity index (χ0n) is 12.5. The summed E-state index contributed by atoms with van der Waals surface area (Å²) >= 11 is 0. The summed E-state index contributed by atoms with van der Waals surface area (Å²) in [6, 6.07) is 12.6. The van der Waals surface area contributed by atoms with Crippen LogP contribution in [0.2, 0.25) is 0 Å². The van der Waals surface area contributed by atoms with Crippen molar-refractivity contribution in [2.45, 2.75) is 18.4 Å². The highest BCUT2D eigenvalue weighted by Crippen LogP contribution is 2.15. The van der Waals surface area contributed by atoms with Gasteiger partial charge in [-0.3, -0.25) is 4.79 Å². The molecule has 2 aromatic carbocycles. The molecule has 5 nitrogen and oxygen atoms in total. The molecule has 1 amide bonds. The molecule has 0 saturated heterocycles. The third-order valence-corrected chi connectivity index (χ3v) is 4.74. The maximum atomic E-state index is 13.0. The molecule has 0 heterocycles. The fraction of sp³-hybridized carbons (Fsp3) is 0.188. The summed E-state index contributed by atoms with van der Waals surface area (Å²) in [6.07, 6.45) is 0. The maximum Gasteiger partial charge on any atom is 0.241 e. The van der Waals surface area contributed by atoms with E-state index in [9.17, 15) is 17.6 Å². The second kappa shape index (κ2) is 7.34. The van der Waals surface area contributed by atoms with E-state index in [0.29, 0.717) is 6.54 Å². The molecule has 0 atom stereocenters. The van der Waals surface area contributed by atoms with Crippen LogP contribution in [-0.4, -0.2) is 20.9 Å². The van der Waals surface area contributed by atoms with Gasteiger partial charge in [-0.2, -0.15) is 0 Å². The number of carbonyl (C=O) groups excluding carboxylic acids is 1. The molecular weight excluding hydrogens is 319 g/mol. The molecule has 0 fully saturated rings. The lowest BCUT2D eigenvalue weighted by Crippen LogP contribution is -2.36. The van der Waals surface area contributed by atoms with Crippen LogP contribution in [0.5, 0.6) is 0 Å². The van der Waals surface area contributed by atoms with Crippen molar-refractivity contribution in [3.63, 3.8) is 0 Å². The minimum Gasteiger partial charge on any atom is -0.351 e. The van der Waals surface area contributed by atoms with E-state index in [4.69, 9.17) is 0 Å². The van der Waals surface area contributed by atoms with E-state index in [1.165, 1.54) is 13.0 Å². The Kier molecular flexibility index (Phi) is 5.46. The predicted molar refractivity (Wildman–Crippen MR) is 84.6 cm³/mol. The third-order valence-electron chi connectivity index (χ3n) is 3.18. The van der Waals surface area contributed by atoms with Crippen LogP contribution in [0.3, 0.4) is 0 Å². The molecule has 0 bridgehead atoms. The monoisotopic (exact) mass is 336 g/mol. The molecule has 0 radical (unpaired) electrons. The number of carbonyl (C=O) groups is 1. The van der Waals surface area contributed by atoms with Gasteiger partial charge in [-0.05, 0) is 36.2 Å². The Balaban J connectivity index is 1.92. The Morgan fingerprint density at radius 3 is 2.48 bits per heavy atom. The molecule has 0 aliphatic heterocycles. The SMILES string of the molecule is Cc1cc(F)ccc1S(=O)(=O)NCC(=O)NCc1ccccc1. The summed E-state index contributed by atoms with van der Waals surface area (Å²) in [5.41, 5.74) is 1.19. The summed E-state index contributed by atoms with van der Waals surface area (Å²) in [5, 5.41) is 2.62. The van der Waals surface area contributed by atoms with Crippen LogP contribution in [0.1, 0.15) is 11.1 Å². The highest BCUT2D eigenvalue weighted by Gasteiger charge is 2.18. The normalized spacial score (nSPS) is 11.2. The van der Waals surface area contributed by atoms with Gasteiger partial charge in [-0.1, -0.05) is 30.3 Å². The lowest BCUT2D eigenvalue weighted by atomic mass is 10.2. The maximum absolute atomic E-state index is 13.0. The first-order valence-electron chi connectivity index (χ1n) is 6.95. The second-order valence-electron chi connectivity index (χ2n) is 5.00. The van der Waals surface area contributed by atoms with Crippen LogP contribution in [0, 0.1) is 12.7 Å². The quantitative estimate of drug-likeness (QED) is 0.843. The van der Waals surface area contributed by atoms with Gasteiger partial charge in [0.15, 0.2) is 0 Å². The van der Waals surface area contributed by atoms with Gasteiger partial charge in [0.1, 0.15) is 5.82 Å². The minimum absolute atomic E-state index is 0.0465. The number of halogens is 1. The van der Waals surface area contributed by atoms with Crippen molar-refractivity contribution in [1.29, 1.82) is 0 Å². The Morgan fingerprint density at radius 1 is 1.13 bits per heavy atom. The van der Waals surface area contributed by atoms with Crippen molar-refractivity contribution in [2.75, 3.05) is 6.54 Å². The summed E-state index contributed by atoms with van der Waals surface area (Å²) < 4.78 is 39.5. The lowest BCUT2D eigenvalue weighted by Gasteiger charge is -2.10. The minimum atomic E-state index is -3.86. The summed E-state index contributed by atoms with van der Waals surface area (Å²) in [6.45, 7) is 1.43. The van der Waals surface area contributed by atoms with Crippen molar-refractivity contribution >= 4 is 15.9 Å². The smallest absolute Gasteiger partial charge is 0.241 e. The Morgan fingerprint density at radius 2 is 1.83 bits per heavy atom. The number of nitrogens with one attached hydrogen (secondary N) is 2. The molecule has 2 N–H and O–H groups in total. The lowest BCUT2D eigenvalue weighted by molar-refractivity contribution is -0.120. The Bertz CT molecular complexity index is 792.